The second-order valence-corrected chi connectivity index (χ2v) is 12.7. The predicted molar refractivity (Wildman–Crippen MR) is 146 cm³/mol. The highest BCUT2D eigenvalue weighted by Crippen LogP contribution is 2.65. The van der Waals surface area contributed by atoms with Crippen LogP contribution in [-0.2, 0) is 14.1 Å². The van der Waals surface area contributed by atoms with Crippen LogP contribution in [0.25, 0.3) is 10.9 Å². The first-order valence-electron chi connectivity index (χ1n) is 13.9. The summed E-state index contributed by atoms with van der Waals surface area (Å²) >= 11 is 0. The highest BCUT2D eigenvalue weighted by atomic mass is 16.7. The van der Waals surface area contributed by atoms with E-state index in [1.54, 1.807) is 6.07 Å². The Kier molecular flexibility index (Phi) is 7.07. The fourth-order valence-electron chi connectivity index (χ4n) is 6.91. The van der Waals surface area contributed by atoms with Crippen LogP contribution in [0.2, 0.25) is 0 Å². The molecule has 1 saturated heterocycles. The minimum atomic E-state index is -1.14. The quantitative estimate of drug-likeness (QED) is 0.459. The van der Waals surface area contributed by atoms with E-state index in [0.717, 1.165) is 23.7 Å². The van der Waals surface area contributed by atoms with Gasteiger partial charge in [-0.1, -0.05) is 45.9 Å². The SMILES string of the molecule is CC(C)C[C@H](NC(=O)[C@@H](NC(=O)c1cnc2ccccc2c1)[C@@H](C)O)B1O[C@@H]2C[C@@H]3C[C@@H](C3(C)C)[C@]2(C)O1. The van der Waals surface area contributed by atoms with Gasteiger partial charge in [0.1, 0.15) is 6.04 Å². The van der Waals surface area contributed by atoms with Gasteiger partial charge in [-0.2, -0.15) is 0 Å². The minimum Gasteiger partial charge on any atom is -0.404 e. The molecule has 4 aliphatic rings. The summed E-state index contributed by atoms with van der Waals surface area (Å²) in [6.45, 7) is 12.5. The molecule has 2 aromatic rings. The molecule has 1 aromatic heterocycles. The number of nitrogens with one attached hydrogen (secondary N) is 2. The standard InChI is InChI=1S/C29H40BN3O5/c1-16(2)11-24(30-37-23-14-20-13-22(28(20,4)5)29(23,6)38-30)32-27(36)25(17(3)34)33-26(35)19-12-18-9-7-8-10-21(18)31-15-19/h7-10,12,15-17,20,22-25,34H,11,13-14H2,1-6H3,(H,32,36)(H,33,35)/t17-,20+,22+,23-,24+,25+,29+/m1/s1. The number of aliphatic hydroxyl groups excluding tert-OH is 1. The fraction of sp³-hybridized carbons (Fsp3) is 0.621. The van der Waals surface area contributed by atoms with Gasteiger partial charge >= 0.3 is 7.12 Å². The number of para-hydroxylation sites is 1. The average Bonchev–Trinajstić information content (AvgIpc) is 3.23. The van der Waals surface area contributed by atoms with Gasteiger partial charge in [0.2, 0.25) is 5.91 Å². The monoisotopic (exact) mass is 521 g/mol. The number of hydrogen-bond donors (Lipinski definition) is 3. The van der Waals surface area contributed by atoms with E-state index in [1.807, 2.05) is 24.3 Å². The van der Waals surface area contributed by atoms with E-state index in [2.05, 4.69) is 50.2 Å². The molecule has 2 bridgehead atoms. The van der Waals surface area contributed by atoms with Crippen LogP contribution in [-0.4, -0.2) is 58.8 Å². The summed E-state index contributed by atoms with van der Waals surface area (Å²) in [7, 11) is -0.582. The van der Waals surface area contributed by atoms with E-state index in [-0.39, 0.29) is 23.0 Å². The smallest absolute Gasteiger partial charge is 0.404 e. The molecule has 0 spiro atoms. The van der Waals surface area contributed by atoms with E-state index >= 15 is 0 Å². The molecular formula is C29H40BN3O5. The van der Waals surface area contributed by atoms with E-state index in [4.69, 9.17) is 9.31 Å². The van der Waals surface area contributed by atoms with Gasteiger partial charge < -0.3 is 25.0 Å². The molecule has 3 N–H and O–H groups in total. The van der Waals surface area contributed by atoms with Crippen LogP contribution in [0.3, 0.4) is 0 Å². The number of amides is 2. The topological polar surface area (TPSA) is 110 Å². The fourth-order valence-corrected chi connectivity index (χ4v) is 6.91. The Hall–Kier alpha value is -2.49. The first-order chi connectivity index (χ1) is 17.9. The first kappa shape index (κ1) is 27.1. The third-order valence-corrected chi connectivity index (χ3v) is 9.25. The zero-order valence-electron chi connectivity index (χ0n) is 23.2. The summed E-state index contributed by atoms with van der Waals surface area (Å²) in [4.78, 5) is 30.9. The van der Waals surface area contributed by atoms with Crippen molar-refractivity contribution in [3.63, 3.8) is 0 Å². The number of hydrogen-bond acceptors (Lipinski definition) is 6. The van der Waals surface area contributed by atoms with Gasteiger partial charge in [0.25, 0.3) is 5.91 Å². The molecule has 9 heteroatoms. The minimum absolute atomic E-state index is 0.00325. The highest BCUT2D eigenvalue weighted by molar-refractivity contribution is 6.48. The number of rotatable bonds is 8. The van der Waals surface area contributed by atoms with Crippen molar-refractivity contribution in [3.8, 4) is 0 Å². The molecular weight excluding hydrogens is 481 g/mol. The number of benzene rings is 1. The number of pyridine rings is 1. The van der Waals surface area contributed by atoms with Gasteiger partial charge in [-0.3, -0.25) is 14.6 Å². The van der Waals surface area contributed by atoms with Crippen LogP contribution in [0.1, 0.15) is 71.2 Å². The van der Waals surface area contributed by atoms with Gasteiger partial charge in [-0.25, -0.2) is 0 Å². The first-order valence-corrected chi connectivity index (χ1v) is 13.9. The molecule has 2 amide bonds. The largest absolute Gasteiger partial charge is 0.481 e. The van der Waals surface area contributed by atoms with Crippen LogP contribution in [0.5, 0.6) is 0 Å². The zero-order chi connectivity index (χ0) is 27.4. The molecule has 1 aromatic carbocycles. The van der Waals surface area contributed by atoms with Crippen molar-refractivity contribution < 1.29 is 24.0 Å². The lowest BCUT2D eigenvalue weighted by Crippen LogP contribution is -2.65. The third kappa shape index (κ3) is 4.73. The summed E-state index contributed by atoms with van der Waals surface area (Å²) < 4.78 is 13.1. The maximum absolute atomic E-state index is 13.5. The van der Waals surface area contributed by atoms with Crippen molar-refractivity contribution >= 4 is 29.8 Å². The van der Waals surface area contributed by atoms with Crippen molar-refractivity contribution in [2.75, 3.05) is 0 Å². The van der Waals surface area contributed by atoms with Crippen molar-refractivity contribution in [2.24, 2.45) is 23.2 Å². The highest BCUT2D eigenvalue weighted by Gasteiger charge is 2.68. The molecule has 204 valence electrons. The normalized spacial score (nSPS) is 29.8. The van der Waals surface area contributed by atoms with Crippen molar-refractivity contribution in [1.82, 2.24) is 15.6 Å². The second kappa shape index (κ2) is 9.92. The van der Waals surface area contributed by atoms with Crippen molar-refractivity contribution in [1.29, 1.82) is 0 Å². The van der Waals surface area contributed by atoms with Crippen LogP contribution in [0.4, 0.5) is 0 Å². The molecule has 38 heavy (non-hydrogen) atoms. The molecule has 6 rings (SSSR count). The Morgan fingerprint density at radius 3 is 2.58 bits per heavy atom. The molecule has 0 unspecified atom stereocenters. The van der Waals surface area contributed by atoms with Gasteiger partial charge in [-0.05, 0) is 68.4 Å². The summed E-state index contributed by atoms with van der Waals surface area (Å²) in [5, 5.41) is 17.0. The van der Waals surface area contributed by atoms with Crippen molar-refractivity contribution in [2.45, 2.75) is 90.6 Å². The Bertz CT molecular complexity index is 1220. The summed E-state index contributed by atoms with van der Waals surface area (Å²) in [6, 6.07) is 8.08. The molecule has 4 fully saturated rings. The molecule has 7 atom stereocenters. The van der Waals surface area contributed by atoms with Gasteiger partial charge in [0, 0.05) is 11.6 Å². The predicted octanol–water partition coefficient (Wildman–Crippen LogP) is 3.51. The average molecular weight is 521 g/mol. The van der Waals surface area contributed by atoms with E-state index in [1.165, 1.54) is 13.1 Å². The number of carbonyl (C=O) groups is 2. The number of carbonyl (C=O) groups excluding carboxylic acids is 2. The number of nitrogens with zero attached hydrogens (tertiary/aromatic N) is 1. The van der Waals surface area contributed by atoms with E-state index in [9.17, 15) is 14.7 Å². The lowest BCUT2D eigenvalue weighted by Gasteiger charge is -2.64. The Labute approximate surface area is 225 Å². The summed E-state index contributed by atoms with van der Waals surface area (Å²) in [5.41, 5.74) is 0.933. The molecule has 3 aliphatic carbocycles. The summed E-state index contributed by atoms with van der Waals surface area (Å²) in [6.07, 6.45) is 3.13. The Morgan fingerprint density at radius 2 is 1.89 bits per heavy atom. The number of aromatic nitrogens is 1. The van der Waals surface area contributed by atoms with Crippen LogP contribution >= 0.6 is 0 Å². The zero-order valence-corrected chi connectivity index (χ0v) is 23.2. The van der Waals surface area contributed by atoms with Crippen molar-refractivity contribution in [3.05, 3.63) is 42.1 Å². The maximum atomic E-state index is 13.5. The third-order valence-electron chi connectivity index (χ3n) is 9.25. The van der Waals surface area contributed by atoms with E-state index < -0.39 is 37.0 Å². The molecule has 2 heterocycles. The number of fused-ring (bicyclic) bond motifs is 1. The summed E-state index contributed by atoms with van der Waals surface area (Å²) in [5.74, 6) is -0.0324. The molecule has 3 saturated carbocycles. The Balaban J connectivity index is 1.30. The van der Waals surface area contributed by atoms with E-state index in [0.29, 0.717) is 23.8 Å². The van der Waals surface area contributed by atoms with Gasteiger partial charge in [0.05, 0.1) is 34.8 Å². The van der Waals surface area contributed by atoms with Gasteiger partial charge in [-0.15, -0.1) is 0 Å². The molecule has 0 radical (unpaired) electrons. The van der Waals surface area contributed by atoms with Gasteiger partial charge in [0.15, 0.2) is 0 Å². The number of aliphatic hydroxyl groups is 1. The van der Waals surface area contributed by atoms with Crippen LogP contribution < -0.4 is 10.6 Å². The molecule has 1 aliphatic heterocycles. The van der Waals surface area contributed by atoms with Crippen LogP contribution in [0, 0.1) is 23.2 Å². The lowest BCUT2D eigenvalue weighted by atomic mass is 9.43. The van der Waals surface area contributed by atoms with Crippen LogP contribution in [0.15, 0.2) is 36.5 Å². The molecule has 8 nitrogen and oxygen atoms in total. The second-order valence-electron chi connectivity index (χ2n) is 12.7. The Morgan fingerprint density at radius 1 is 1.16 bits per heavy atom. The lowest BCUT2D eigenvalue weighted by molar-refractivity contribution is -0.199. The maximum Gasteiger partial charge on any atom is 0.481 e.